The summed E-state index contributed by atoms with van der Waals surface area (Å²) in [5.41, 5.74) is -1.55. The second-order valence-electron chi connectivity index (χ2n) is 9.61. The molecule has 1 aliphatic heterocycles. The molecule has 208 valence electrons. The molecule has 0 aromatic rings. The average molecular weight is 502 g/mol. The Morgan fingerprint density at radius 3 is 2.00 bits per heavy atom. The molecular weight excluding hydrogens is 446 g/mol. The Morgan fingerprint density at radius 2 is 1.57 bits per heavy atom. The number of nitrogens with zero attached hydrogens (tertiary/aromatic N) is 1. The third-order valence-electron chi connectivity index (χ3n) is 7.23. The van der Waals surface area contributed by atoms with Crippen LogP contribution in [0.5, 0.6) is 0 Å². The van der Waals surface area contributed by atoms with Gasteiger partial charge in [-0.05, 0) is 52.4 Å². The molecule has 8 atom stereocenters. The number of esters is 1. The van der Waals surface area contributed by atoms with Gasteiger partial charge in [0.25, 0.3) is 0 Å². The summed E-state index contributed by atoms with van der Waals surface area (Å²) in [5, 5.41) is 22.4. The van der Waals surface area contributed by atoms with E-state index in [0.29, 0.717) is 19.4 Å². The van der Waals surface area contributed by atoms with Crippen molar-refractivity contribution in [1.82, 2.24) is 0 Å². The number of carbonyl (C=O) groups is 2. The summed E-state index contributed by atoms with van der Waals surface area (Å²) in [6.45, 7) is 23.0. The Labute approximate surface area is 215 Å². The number of hydrogen-bond acceptors (Lipinski definition) is 7. The van der Waals surface area contributed by atoms with Crippen molar-refractivity contribution in [2.24, 2.45) is 28.7 Å². The van der Waals surface area contributed by atoms with Gasteiger partial charge < -0.3 is 19.7 Å². The standard InChI is InChI=1S/C24H43NO6.2C2H6/c1-10-19-24(8,29)21(27)17(6)20(25-11-2)14(3)13-23(7,30-9)15(4)12-18(26)16(5)22(28)31-19;2*1-2/h14-17,19,21,27,29H,10-13H2,1-9H3;2*1-2H3/t14-,15-,16-,17?,19-,21?,23-,24-;;/m1../s1. The molecule has 0 aliphatic carbocycles. The van der Waals surface area contributed by atoms with Gasteiger partial charge in [-0.25, -0.2) is 0 Å². The number of carbonyl (C=O) groups excluding carboxylic acids is 2. The second kappa shape index (κ2) is 16.4. The zero-order valence-corrected chi connectivity index (χ0v) is 24.8. The predicted octanol–water partition coefficient (Wildman–Crippen LogP) is 5.25. The van der Waals surface area contributed by atoms with E-state index in [1.54, 1.807) is 14.0 Å². The minimum absolute atomic E-state index is 0.0501. The Kier molecular flexibility index (Phi) is 16.8. The molecule has 1 rings (SSSR count). The molecule has 2 unspecified atom stereocenters. The molecule has 0 spiro atoms. The number of cyclic esters (lactones) is 1. The molecule has 7 nitrogen and oxygen atoms in total. The van der Waals surface area contributed by atoms with Crippen LogP contribution < -0.4 is 0 Å². The molecular formula is C28H55NO6. The van der Waals surface area contributed by atoms with Crippen LogP contribution in [0.15, 0.2) is 4.99 Å². The molecule has 0 bridgehead atoms. The van der Waals surface area contributed by atoms with Crippen LogP contribution in [0.1, 0.15) is 102 Å². The fourth-order valence-electron chi connectivity index (χ4n) is 4.67. The van der Waals surface area contributed by atoms with Crippen LogP contribution in [-0.2, 0) is 19.1 Å². The summed E-state index contributed by atoms with van der Waals surface area (Å²) in [5.74, 6) is -2.52. The van der Waals surface area contributed by atoms with E-state index < -0.39 is 41.2 Å². The van der Waals surface area contributed by atoms with Gasteiger partial charge in [0.05, 0.1) is 11.7 Å². The van der Waals surface area contributed by atoms with Crippen molar-refractivity contribution in [3.63, 3.8) is 0 Å². The highest BCUT2D eigenvalue weighted by Crippen LogP contribution is 2.36. The minimum Gasteiger partial charge on any atom is -0.459 e. The number of aliphatic imine (C=N–C) groups is 1. The SMILES string of the molecule is CC.CC.CCN=C1C(C)C(O)[C@](C)(O)[C@@H](CC)OC(=O)[C@H](C)C(=O)C[C@@H](C)[C@](C)(OC)C[C@H]1C. The number of ketones is 1. The molecule has 0 aromatic carbocycles. The topological polar surface area (TPSA) is 105 Å². The van der Waals surface area contributed by atoms with Crippen molar-refractivity contribution in [2.75, 3.05) is 13.7 Å². The number of rotatable bonds is 3. The lowest BCUT2D eigenvalue weighted by Gasteiger charge is -2.42. The number of methoxy groups -OCH3 is 1. The lowest BCUT2D eigenvalue weighted by Crippen LogP contribution is -2.56. The van der Waals surface area contributed by atoms with Crippen molar-refractivity contribution < 1.29 is 29.3 Å². The fourth-order valence-corrected chi connectivity index (χ4v) is 4.67. The Balaban J connectivity index is 0. The zero-order chi connectivity index (χ0) is 28.1. The number of Topliss-reactive ketones (excluding diaryl/α,β-unsaturated/α-hetero) is 1. The highest BCUT2D eigenvalue weighted by Gasteiger charge is 2.47. The number of ether oxygens (including phenoxy) is 2. The maximum Gasteiger partial charge on any atom is 0.316 e. The van der Waals surface area contributed by atoms with E-state index in [1.807, 2.05) is 62.3 Å². The summed E-state index contributed by atoms with van der Waals surface area (Å²) >= 11 is 0. The smallest absolute Gasteiger partial charge is 0.316 e. The van der Waals surface area contributed by atoms with Crippen molar-refractivity contribution in [2.45, 2.75) is 126 Å². The first-order chi connectivity index (χ1) is 16.3. The van der Waals surface area contributed by atoms with Gasteiger partial charge >= 0.3 is 5.97 Å². The zero-order valence-electron chi connectivity index (χ0n) is 24.8. The van der Waals surface area contributed by atoms with Crippen LogP contribution in [-0.4, -0.2) is 64.7 Å². The minimum atomic E-state index is -1.71. The summed E-state index contributed by atoms with van der Waals surface area (Å²) in [6, 6.07) is 0. The number of aliphatic hydroxyl groups is 2. The highest BCUT2D eigenvalue weighted by molar-refractivity contribution is 5.98. The van der Waals surface area contributed by atoms with E-state index in [2.05, 4.69) is 4.99 Å². The fraction of sp³-hybridized carbons (Fsp3) is 0.893. The van der Waals surface area contributed by atoms with Crippen LogP contribution in [0.25, 0.3) is 0 Å². The van der Waals surface area contributed by atoms with E-state index >= 15 is 0 Å². The average Bonchev–Trinajstić information content (AvgIpc) is 2.85. The van der Waals surface area contributed by atoms with Gasteiger partial charge in [0, 0.05) is 31.7 Å². The van der Waals surface area contributed by atoms with E-state index in [1.165, 1.54) is 13.8 Å². The first kappa shape index (κ1) is 35.8. The molecule has 1 aliphatic rings. The van der Waals surface area contributed by atoms with Crippen LogP contribution in [0, 0.1) is 23.7 Å². The lowest BCUT2D eigenvalue weighted by atomic mass is 9.73. The molecule has 35 heavy (non-hydrogen) atoms. The molecule has 0 radical (unpaired) electrons. The maximum atomic E-state index is 12.8. The van der Waals surface area contributed by atoms with Gasteiger partial charge in [0.15, 0.2) is 0 Å². The largest absolute Gasteiger partial charge is 0.459 e. The third-order valence-corrected chi connectivity index (χ3v) is 7.23. The highest BCUT2D eigenvalue weighted by atomic mass is 16.6. The first-order valence-electron chi connectivity index (χ1n) is 13.5. The molecule has 1 heterocycles. The Hall–Kier alpha value is -1.31. The van der Waals surface area contributed by atoms with Crippen LogP contribution >= 0.6 is 0 Å². The van der Waals surface area contributed by atoms with Crippen LogP contribution in [0.3, 0.4) is 0 Å². The van der Waals surface area contributed by atoms with Crippen molar-refractivity contribution in [3.05, 3.63) is 0 Å². The van der Waals surface area contributed by atoms with Gasteiger partial charge in [-0.3, -0.25) is 14.6 Å². The monoisotopic (exact) mass is 501 g/mol. The second-order valence-corrected chi connectivity index (χ2v) is 9.61. The van der Waals surface area contributed by atoms with Gasteiger partial charge in [-0.2, -0.15) is 0 Å². The van der Waals surface area contributed by atoms with Gasteiger partial charge in [0.1, 0.15) is 23.4 Å². The van der Waals surface area contributed by atoms with Gasteiger partial charge in [0.2, 0.25) is 0 Å². The summed E-state index contributed by atoms with van der Waals surface area (Å²) in [4.78, 5) is 30.2. The normalized spacial score (nSPS) is 38.3. The quantitative estimate of drug-likeness (QED) is 0.404. The molecule has 1 saturated heterocycles. The first-order valence-corrected chi connectivity index (χ1v) is 13.5. The Morgan fingerprint density at radius 1 is 1.06 bits per heavy atom. The third kappa shape index (κ3) is 9.25. The van der Waals surface area contributed by atoms with Crippen LogP contribution in [0.2, 0.25) is 0 Å². The van der Waals surface area contributed by atoms with Crippen molar-refractivity contribution >= 4 is 17.5 Å². The summed E-state index contributed by atoms with van der Waals surface area (Å²) < 4.78 is 11.4. The molecule has 0 saturated carbocycles. The Bertz CT molecular complexity index is 662. The summed E-state index contributed by atoms with van der Waals surface area (Å²) in [7, 11) is 1.63. The van der Waals surface area contributed by atoms with E-state index in [-0.39, 0.29) is 24.0 Å². The number of hydrogen-bond donors (Lipinski definition) is 2. The molecule has 7 heteroatoms. The molecule has 0 aromatic heterocycles. The van der Waals surface area contributed by atoms with Gasteiger partial charge in [-0.1, -0.05) is 55.4 Å². The van der Waals surface area contributed by atoms with E-state index in [0.717, 1.165) is 5.71 Å². The van der Waals surface area contributed by atoms with Crippen LogP contribution in [0.4, 0.5) is 0 Å². The van der Waals surface area contributed by atoms with Crippen molar-refractivity contribution in [3.8, 4) is 0 Å². The lowest BCUT2D eigenvalue weighted by molar-refractivity contribution is -0.186. The summed E-state index contributed by atoms with van der Waals surface area (Å²) in [6.07, 6.45) is -1.09. The van der Waals surface area contributed by atoms with Crippen molar-refractivity contribution in [1.29, 1.82) is 0 Å². The van der Waals surface area contributed by atoms with E-state index in [9.17, 15) is 19.8 Å². The molecule has 2 N–H and O–H groups in total. The maximum absolute atomic E-state index is 12.8. The predicted molar refractivity (Wildman–Crippen MR) is 144 cm³/mol. The van der Waals surface area contributed by atoms with Gasteiger partial charge in [-0.15, -0.1) is 0 Å². The number of aliphatic hydroxyl groups excluding tert-OH is 1. The molecule has 1 fully saturated rings. The van der Waals surface area contributed by atoms with E-state index in [4.69, 9.17) is 9.47 Å². The molecule has 0 amide bonds.